The molecule has 0 radical (unpaired) electrons. The van der Waals surface area contributed by atoms with Gasteiger partial charge < -0.3 is 5.32 Å². The number of anilines is 1. The van der Waals surface area contributed by atoms with Gasteiger partial charge >= 0.3 is 0 Å². The predicted octanol–water partition coefficient (Wildman–Crippen LogP) is 2.70. The van der Waals surface area contributed by atoms with Crippen LogP contribution in [0.15, 0.2) is 36.7 Å². The third kappa shape index (κ3) is 2.59. The van der Waals surface area contributed by atoms with Crippen LogP contribution < -0.4 is 5.32 Å². The van der Waals surface area contributed by atoms with E-state index in [1.807, 2.05) is 45.0 Å². The van der Waals surface area contributed by atoms with E-state index in [0.29, 0.717) is 0 Å². The van der Waals surface area contributed by atoms with Gasteiger partial charge in [-0.1, -0.05) is 12.1 Å². The molecule has 4 nitrogen and oxygen atoms in total. The zero-order chi connectivity index (χ0) is 13.1. The van der Waals surface area contributed by atoms with Gasteiger partial charge in [-0.15, -0.1) is 0 Å². The second-order valence-corrected chi connectivity index (χ2v) is 4.47. The smallest absolute Gasteiger partial charge is 0.248 e. The molecule has 1 aromatic carbocycles. The summed E-state index contributed by atoms with van der Waals surface area (Å²) in [5.41, 5.74) is 3.04. The molecule has 18 heavy (non-hydrogen) atoms. The van der Waals surface area contributed by atoms with Crippen molar-refractivity contribution >= 4 is 11.6 Å². The SMILES string of the molecule is Cc1ccc(C)c(NC(=O)C(C)n2cccn2)c1. The Morgan fingerprint density at radius 1 is 1.39 bits per heavy atom. The first-order valence-corrected chi connectivity index (χ1v) is 5.95. The first-order chi connectivity index (χ1) is 8.58. The van der Waals surface area contributed by atoms with Crippen molar-refractivity contribution < 1.29 is 4.79 Å². The van der Waals surface area contributed by atoms with Gasteiger partial charge in [0, 0.05) is 18.1 Å². The van der Waals surface area contributed by atoms with Gasteiger partial charge in [0.1, 0.15) is 6.04 Å². The number of hydrogen-bond donors (Lipinski definition) is 1. The van der Waals surface area contributed by atoms with Gasteiger partial charge in [0.15, 0.2) is 0 Å². The van der Waals surface area contributed by atoms with Crippen LogP contribution in [0.2, 0.25) is 0 Å². The van der Waals surface area contributed by atoms with E-state index in [1.165, 1.54) is 0 Å². The number of amides is 1. The Morgan fingerprint density at radius 2 is 2.17 bits per heavy atom. The standard InChI is InChI=1S/C14H17N3O/c1-10-5-6-11(2)13(9-10)16-14(18)12(3)17-8-4-7-15-17/h4-9,12H,1-3H3,(H,16,18). The van der Waals surface area contributed by atoms with Crippen LogP contribution in [0.3, 0.4) is 0 Å². The Hall–Kier alpha value is -2.10. The van der Waals surface area contributed by atoms with Crippen LogP contribution in [0, 0.1) is 13.8 Å². The molecule has 1 N–H and O–H groups in total. The summed E-state index contributed by atoms with van der Waals surface area (Å²) in [6, 6.07) is 7.50. The van der Waals surface area contributed by atoms with Crippen LogP contribution in [-0.2, 0) is 4.79 Å². The van der Waals surface area contributed by atoms with Crippen LogP contribution >= 0.6 is 0 Å². The van der Waals surface area contributed by atoms with Crippen molar-refractivity contribution in [2.45, 2.75) is 26.8 Å². The molecule has 4 heteroatoms. The van der Waals surface area contributed by atoms with Crippen molar-refractivity contribution in [1.29, 1.82) is 0 Å². The minimum atomic E-state index is -0.320. The third-order valence-electron chi connectivity index (χ3n) is 2.95. The Kier molecular flexibility index (Phi) is 3.46. The number of nitrogens with zero attached hydrogens (tertiary/aromatic N) is 2. The average molecular weight is 243 g/mol. The number of hydrogen-bond acceptors (Lipinski definition) is 2. The molecule has 0 aliphatic carbocycles. The summed E-state index contributed by atoms with van der Waals surface area (Å²) in [5.74, 6) is -0.0626. The Morgan fingerprint density at radius 3 is 2.83 bits per heavy atom. The van der Waals surface area contributed by atoms with Crippen LogP contribution in [0.5, 0.6) is 0 Å². The summed E-state index contributed by atoms with van der Waals surface area (Å²) in [6.07, 6.45) is 3.45. The lowest BCUT2D eigenvalue weighted by atomic mass is 10.1. The molecular formula is C14H17N3O. The van der Waals surface area contributed by atoms with Gasteiger partial charge in [-0.25, -0.2) is 0 Å². The highest BCUT2D eigenvalue weighted by Gasteiger charge is 2.15. The fraction of sp³-hybridized carbons (Fsp3) is 0.286. The molecular weight excluding hydrogens is 226 g/mol. The zero-order valence-electron chi connectivity index (χ0n) is 10.8. The molecule has 1 atom stereocenters. The van der Waals surface area contributed by atoms with Crippen LogP contribution in [0.1, 0.15) is 24.1 Å². The van der Waals surface area contributed by atoms with Crippen molar-refractivity contribution in [3.8, 4) is 0 Å². The molecule has 0 aliphatic rings. The summed E-state index contributed by atoms with van der Waals surface area (Å²) in [7, 11) is 0. The number of aryl methyl sites for hydroxylation is 2. The quantitative estimate of drug-likeness (QED) is 0.901. The van der Waals surface area contributed by atoms with Crippen molar-refractivity contribution in [2.75, 3.05) is 5.32 Å². The van der Waals surface area contributed by atoms with E-state index in [2.05, 4.69) is 10.4 Å². The number of carbonyl (C=O) groups excluding carboxylic acids is 1. The molecule has 0 saturated heterocycles. The van der Waals surface area contributed by atoms with Gasteiger partial charge in [-0.05, 0) is 44.0 Å². The predicted molar refractivity (Wildman–Crippen MR) is 71.5 cm³/mol. The summed E-state index contributed by atoms with van der Waals surface area (Å²) < 4.78 is 1.64. The minimum Gasteiger partial charge on any atom is -0.324 e. The van der Waals surface area contributed by atoms with E-state index in [4.69, 9.17) is 0 Å². The highest BCUT2D eigenvalue weighted by atomic mass is 16.2. The molecule has 2 aromatic rings. The molecule has 0 aliphatic heterocycles. The average Bonchev–Trinajstić information content (AvgIpc) is 2.86. The molecule has 0 spiro atoms. The van der Waals surface area contributed by atoms with Crippen LogP contribution in [0.25, 0.3) is 0 Å². The van der Waals surface area contributed by atoms with Gasteiger partial charge in [0.2, 0.25) is 5.91 Å². The van der Waals surface area contributed by atoms with Gasteiger partial charge in [-0.3, -0.25) is 9.48 Å². The maximum atomic E-state index is 12.1. The van der Waals surface area contributed by atoms with Crippen molar-refractivity contribution in [2.24, 2.45) is 0 Å². The molecule has 0 fully saturated rings. The number of benzene rings is 1. The fourth-order valence-electron chi connectivity index (χ4n) is 1.74. The fourth-order valence-corrected chi connectivity index (χ4v) is 1.74. The Labute approximate surface area is 107 Å². The monoisotopic (exact) mass is 243 g/mol. The lowest BCUT2D eigenvalue weighted by Crippen LogP contribution is -2.24. The first-order valence-electron chi connectivity index (χ1n) is 5.95. The van der Waals surface area contributed by atoms with Crippen molar-refractivity contribution in [1.82, 2.24) is 9.78 Å². The van der Waals surface area contributed by atoms with E-state index >= 15 is 0 Å². The minimum absolute atomic E-state index is 0.0626. The number of carbonyl (C=O) groups is 1. The van der Waals surface area contributed by atoms with E-state index in [0.717, 1.165) is 16.8 Å². The molecule has 1 amide bonds. The zero-order valence-corrected chi connectivity index (χ0v) is 10.8. The van der Waals surface area contributed by atoms with Crippen LogP contribution in [0.4, 0.5) is 5.69 Å². The highest BCUT2D eigenvalue weighted by Crippen LogP contribution is 2.18. The largest absolute Gasteiger partial charge is 0.324 e. The van der Waals surface area contributed by atoms with Gasteiger partial charge in [0.25, 0.3) is 0 Å². The summed E-state index contributed by atoms with van der Waals surface area (Å²) in [6.45, 7) is 5.81. The number of aromatic nitrogens is 2. The van der Waals surface area contributed by atoms with E-state index in [1.54, 1.807) is 17.1 Å². The molecule has 2 rings (SSSR count). The van der Waals surface area contributed by atoms with Crippen molar-refractivity contribution in [3.63, 3.8) is 0 Å². The highest BCUT2D eigenvalue weighted by molar-refractivity contribution is 5.94. The summed E-state index contributed by atoms with van der Waals surface area (Å²) in [5, 5.41) is 7.01. The lowest BCUT2D eigenvalue weighted by Gasteiger charge is -2.14. The normalized spacial score (nSPS) is 12.2. The van der Waals surface area contributed by atoms with E-state index < -0.39 is 0 Å². The molecule has 1 aromatic heterocycles. The van der Waals surface area contributed by atoms with Crippen LogP contribution in [-0.4, -0.2) is 15.7 Å². The molecule has 94 valence electrons. The van der Waals surface area contributed by atoms with E-state index in [-0.39, 0.29) is 11.9 Å². The number of nitrogens with one attached hydrogen (secondary N) is 1. The maximum absolute atomic E-state index is 12.1. The first kappa shape index (κ1) is 12.4. The lowest BCUT2D eigenvalue weighted by molar-refractivity contribution is -0.119. The second kappa shape index (κ2) is 5.04. The molecule has 0 bridgehead atoms. The third-order valence-corrected chi connectivity index (χ3v) is 2.95. The number of rotatable bonds is 3. The summed E-state index contributed by atoms with van der Waals surface area (Å²) in [4.78, 5) is 12.1. The molecule has 1 unspecified atom stereocenters. The summed E-state index contributed by atoms with van der Waals surface area (Å²) >= 11 is 0. The Bertz CT molecular complexity index is 546. The van der Waals surface area contributed by atoms with Crippen molar-refractivity contribution in [3.05, 3.63) is 47.8 Å². The topological polar surface area (TPSA) is 46.9 Å². The van der Waals surface area contributed by atoms with E-state index in [9.17, 15) is 4.79 Å². The Balaban J connectivity index is 2.14. The van der Waals surface area contributed by atoms with Gasteiger partial charge in [-0.2, -0.15) is 5.10 Å². The second-order valence-electron chi connectivity index (χ2n) is 4.47. The maximum Gasteiger partial charge on any atom is 0.248 e. The van der Waals surface area contributed by atoms with Gasteiger partial charge in [0.05, 0.1) is 0 Å². The molecule has 0 saturated carbocycles. The molecule has 1 heterocycles.